The topological polar surface area (TPSA) is 29.3 Å². The van der Waals surface area contributed by atoms with Gasteiger partial charge in [-0.3, -0.25) is 4.90 Å². The van der Waals surface area contributed by atoms with Crippen molar-refractivity contribution in [2.75, 3.05) is 13.1 Å². The lowest BCUT2D eigenvalue weighted by Crippen LogP contribution is -2.43. The van der Waals surface area contributed by atoms with Gasteiger partial charge in [-0.25, -0.2) is 13.2 Å². The van der Waals surface area contributed by atoms with E-state index in [0.717, 1.165) is 31.1 Å². The molecule has 1 saturated carbocycles. The molecular formula is C14H17F3N2S. The molecule has 1 atom stereocenters. The molecule has 1 aromatic rings. The number of hydrogen-bond donors (Lipinski definition) is 1. The number of terminal acetylenes is 1. The number of nitrogens with two attached hydrogens (primary N) is 1. The first-order valence-corrected chi connectivity index (χ1v) is 7.35. The molecule has 1 aromatic heterocycles. The molecule has 0 amide bonds. The molecule has 6 heteroatoms. The molecule has 1 heterocycles. The van der Waals surface area contributed by atoms with Crippen LogP contribution in [0.4, 0.5) is 13.2 Å². The average Bonchev–Trinajstić information content (AvgIpc) is 3.13. The molecule has 2 rings (SSSR count). The molecule has 1 aliphatic rings. The fourth-order valence-electron chi connectivity index (χ4n) is 2.39. The van der Waals surface area contributed by atoms with E-state index in [1.165, 1.54) is 5.38 Å². The highest BCUT2D eigenvalue weighted by atomic mass is 32.1. The molecule has 0 aromatic carbocycles. The molecule has 2 nitrogen and oxygen atoms in total. The zero-order valence-electron chi connectivity index (χ0n) is 11.2. The molecular weight excluding hydrogens is 285 g/mol. The molecule has 0 spiro atoms. The maximum atomic E-state index is 14.2. The Bertz CT molecular complexity index is 511. The largest absolute Gasteiger partial charge is 0.329 e. The van der Waals surface area contributed by atoms with E-state index in [4.69, 9.17) is 12.2 Å². The van der Waals surface area contributed by atoms with Crippen molar-refractivity contribution >= 4 is 11.3 Å². The van der Waals surface area contributed by atoms with Crippen LogP contribution in [0.25, 0.3) is 0 Å². The van der Waals surface area contributed by atoms with E-state index >= 15 is 0 Å². The predicted octanol–water partition coefficient (Wildman–Crippen LogP) is 2.99. The molecule has 2 N–H and O–H groups in total. The van der Waals surface area contributed by atoms with Gasteiger partial charge in [-0.15, -0.1) is 17.8 Å². The first-order valence-electron chi connectivity index (χ1n) is 6.47. The van der Waals surface area contributed by atoms with Crippen LogP contribution in [0.3, 0.4) is 0 Å². The van der Waals surface area contributed by atoms with Gasteiger partial charge in [0.1, 0.15) is 6.04 Å². The van der Waals surface area contributed by atoms with Gasteiger partial charge in [-0.2, -0.15) is 0 Å². The smallest absolute Gasteiger partial charge is 0.265 e. The van der Waals surface area contributed by atoms with Crippen LogP contribution < -0.4 is 5.73 Å². The Kier molecular flexibility index (Phi) is 4.43. The molecule has 0 bridgehead atoms. The summed E-state index contributed by atoms with van der Waals surface area (Å²) in [6, 6.07) is -1.24. The summed E-state index contributed by atoms with van der Waals surface area (Å²) < 4.78 is 42.2. The fourth-order valence-corrected chi connectivity index (χ4v) is 3.49. The monoisotopic (exact) mass is 302 g/mol. The second kappa shape index (κ2) is 5.76. The minimum atomic E-state index is -3.06. The summed E-state index contributed by atoms with van der Waals surface area (Å²) >= 11 is 0.955. The third-order valence-corrected chi connectivity index (χ3v) is 4.39. The summed E-state index contributed by atoms with van der Waals surface area (Å²) in [5, 5.41) is 1.41. The number of thiophene rings is 1. The summed E-state index contributed by atoms with van der Waals surface area (Å²) in [6.07, 6.45) is 6.87. The standard InChI is InChI=1S/C14H17F3N2S/c1-3-9-8-20-12(11(9)15)13(14(2,16)17)19(7-6-18)10-4-5-10/h1,8,10,13H,4-7,18H2,2H3. The van der Waals surface area contributed by atoms with Crippen LogP contribution in [0.15, 0.2) is 5.38 Å². The normalized spacial score (nSPS) is 17.2. The minimum absolute atomic E-state index is 0.00537. The quantitative estimate of drug-likeness (QED) is 0.819. The lowest BCUT2D eigenvalue weighted by Gasteiger charge is -2.34. The lowest BCUT2D eigenvalue weighted by molar-refractivity contribution is -0.0707. The number of halogens is 3. The second-order valence-electron chi connectivity index (χ2n) is 5.09. The molecule has 0 radical (unpaired) electrons. The lowest BCUT2D eigenvalue weighted by atomic mass is 10.1. The van der Waals surface area contributed by atoms with Gasteiger partial charge in [0.2, 0.25) is 0 Å². The molecule has 1 fully saturated rings. The summed E-state index contributed by atoms with van der Waals surface area (Å²) in [7, 11) is 0. The summed E-state index contributed by atoms with van der Waals surface area (Å²) in [5.74, 6) is -1.58. The zero-order valence-corrected chi connectivity index (χ0v) is 12.0. The predicted molar refractivity (Wildman–Crippen MR) is 74.4 cm³/mol. The van der Waals surface area contributed by atoms with Crippen molar-refractivity contribution in [3.05, 3.63) is 21.6 Å². The fraction of sp³-hybridized carbons (Fsp3) is 0.571. The van der Waals surface area contributed by atoms with Crippen molar-refractivity contribution in [2.24, 2.45) is 5.73 Å². The van der Waals surface area contributed by atoms with E-state index in [-0.39, 0.29) is 23.0 Å². The Morgan fingerprint density at radius 3 is 2.65 bits per heavy atom. The number of alkyl halides is 2. The van der Waals surface area contributed by atoms with Gasteiger partial charge in [0, 0.05) is 31.4 Å². The first-order chi connectivity index (χ1) is 9.40. The highest BCUT2D eigenvalue weighted by molar-refractivity contribution is 7.10. The molecule has 20 heavy (non-hydrogen) atoms. The third-order valence-electron chi connectivity index (χ3n) is 3.38. The van der Waals surface area contributed by atoms with Crippen LogP contribution in [-0.2, 0) is 0 Å². The van der Waals surface area contributed by atoms with Crippen LogP contribution in [0.5, 0.6) is 0 Å². The van der Waals surface area contributed by atoms with E-state index < -0.39 is 17.8 Å². The SMILES string of the molecule is C#Cc1csc(C(N(CCN)C2CC2)C(C)(F)F)c1F. The van der Waals surface area contributed by atoms with Gasteiger partial charge in [0.25, 0.3) is 5.92 Å². The first kappa shape index (κ1) is 15.4. The highest BCUT2D eigenvalue weighted by Crippen LogP contribution is 2.45. The van der Waals surface area contributed by atoms with Crippen molar-refractivity contribution in [2.45, 2.75) is 37.8 Å². The van der Waals surface area contributed by atoms with E-state index in [2.05, 4.69) is 5.92 Å². The number of hydrogen-bond acceptors (Lipinski definition) is 3. The van der Waals surface area contributed by atoms with E-state index in [0.29, 0.717) is 6.54 Å². The summed E-state index contributed by atoms with van der Waals surface area (Å²) in [4.78, 5) is 1.63. The summed E-state index contributed by atoms with van der Waals surface area (Å²) in [6.45, 7) is 1.40. The number of rotatable bonds is 6. The van der Waals surface area contributed by atoms with Crippen molar-refractivity contribution in [3.63, 3.8) is 0 Å². The van der Waals surface area contributed by atoms with Crippen LogP contribution in [0.1, 0.15) is 36.2 Å². The maximum Gasteiger partial charge on any atom is 0.265 e. The van der Waals surface area contributed by atoms with Gasteiger partial charge < -0.3 is 5.73 Å². The highest BCUT2D eigenvalue weighted by Gasteiger charge is 2.47. The van der Waals surface area contributed by atoms with Crippen molar-refractivity contribution in [1.29, 1.82) is 0 Å². The Morgan fingerprint density at radius 2 is 2.25 bits per heavy atom. The summed E-state index contributed by atoms with van der Waals surface area (Å²) in [5.41, 5.74) is 5.56. The maximum absolute atomic E-state index is 14.2. The van der Waals surface area contributed by atoms with Crippen molar-refractivity contribution in [1.82, 2.24) is 4.90 Å². The zero-order chi connectivity index (χ0) is 14.9. The molecule has 110 valence electrons. The molecule has 0 aliphatic heterocycles. The Morgan fingerprint density at radius 1 is 1.60 bits per heavy atom. The van der Waals surface area contributed by atoms with Crippen LogP contribution >= 0.6 is 11.3 Å². The van der Waals surface area contributed by atoms with Crippen LogP contribution in [0, 0.1) is 18.2 Å². The van der Waals surface area contributed by atoms with E-state index in [1.54, 1.807) is 4.90 Å². The number of nitrogens with zero attached hydrogens (tertiary/aromatic N) is 1. The van der Waals surface area contributed by atoms with Crippen molar-refractivity contribution in [3.8, 4) is 12.3 Å². The van der Waals surface area contributed by atoms with Crippen LogP contribution in [0.2, 0.25) is 0 Å². The Hall–Kier alpha value is -1.03. The van der Waals surface area contributed by atoms with Crippen molar-refractivity contribution < 1.29 is 13.2 Å². The van der Waals surface area contributed by atoms with E-state index in [9.17, 15) is 13.2 Å². The van der Waals surface area contributed by atoms with Crippen LogP contribution in [-0.4, -0.2) is 30.0 Å². The molecule has 1 unspecified atom stereocenters. The molecule has 0 saturated heterocycles. The minimum Gasteiger partial charge on any atom is -0.329 e. The Labute approximate surface area is 120 Å². The average molecular weight is 302 g/mol. The van der Waals surface area contributed by atoms with Gasteiger partial charge in [0.15, 0.2) is 5.82 Å². The van der Waals surface area contributed by atoms with Gasteiger partial charge >= 0.3 is 0 Å². The van der Waals surface area contributed by atoms with Gasteiger partial charge in [-0.1, -0.05) is 5.92 Å². The Balaban J connectivity index is 2.41. The molecule has 1 aliphatic carbocycles. The van der Waals surface area contributed by atoms with Gasteiger partial charge in [0.05, 0.1) is 10.4 Å². The second-order valence-corrected chi connectivity index (χ2v) is 6.00. The third kappa shape index (κ3) is 3.00. The van der Waals surface area contributed by atoms with E-state index in [1.807, 2.05) is 0 Å². The van der Waals surface area contributed by atoms with Gasteiger partial charge in [-0.05, 0) is 12.8 Å².